The normalized spacial score (nSPS) is 13.4. The second kappa shape index (κ2) is 4.25. The standard InChI is InChI=1S/C13H9Cl2NO3/c14-12(15)11(18)8-10(17)7-3-1-2-6-4-5-16(9(6)7)13(8)19/h1-3,12,17H,4-5H2. The molecule has 0 atom stereocenters. The van der Waals surface area contributed by atoms with Gasteiger partial charge in [-0.05, 0) is 18.1 Å². The number of alkyl halides is 2. The number of hydrogen-bond donors (Lipinski definition) is 1. The number of nitrogens with zero attached hydrogens (tertiary/aromatic N) is 1. The van der Waals surface area contributed by atoms with Crippen LogP contribution in [0.5, 0.6) is 5.75 Å². The fourth-order valence-corrected chi connectivity index (χ4v) is 2.77. The van der Waals surface area contributed by atoms with Crippen LogP contribution in [0.4, 0.5) is 0 Å². The number of aryl methyl sites for hydroxylation is 2. The third-order valence-corrected chi connectivity index (χ3v) is 3.79. The number of pyridine rings is 1. The zero-order chi connectivity index (χ0) is 13.7. The quantitative estimate of drug-likeness (QED) is 0.683. The fourth-order valence-electron chi connectivity index (χ4n) is 2.55. The Hall–Kier alpha value is -1.52. The molecule has 19 heavy (non-hydrogen) atoms. The first-order valence-corrected chi connectivity index (χ1v) is 6.59. The van der Waals surface area contributed by atoms with Crippen LogP contribution < -0.4 is 5.56 Å². The summed E-state index contributed by atoms with van der Waals surface area (Å²) in [5.41, 5.74) is 0.798. The van der Waals surface area contributed by atoms with Gasteiger partial charge in [0.25, 0.3) is 5.56 Å². The van der Waals surface area contributed by atoms with Crippen LogP contribution in [0.15, 0.2) is 23.0 Å². The van der Waals surface area contributed by atoms with E-state index in [-0.39, 0.29) is 11.3 Å². The zero-order valence-electron chi connectivity index (χ0n) is 9.69. The highest BCUT2D eigenvalue weighted by Crippen LogP contribution is 2.32. The average Bonchev–Trinajstić information content (AvgIpc) is 2.81. The first kappa shape index (κ1) is 12.5. The number of ketones is 1. The summed E-state index contributed by atoms with van der Waals surface area (Å²) in [6, 6.07) is 5.35. The number of carbonyl (C=O) groups excluding carboxylic acids is 1. The van der Waals surface area contributed by atoms with E-state index in [0.717, 1.165) is 5.56 Å². The molecule has 4 nitrogen and oxygen atoms in total. The molecule has 0 amide bonds. The van der Waals surface area contributed by atoms with E-state index in [1.165, 1.54) is 4.57 Å². The summed E-state index contributed by atoms with van der Waals surface area (Å²) in [4.78, 5) is 22.8. The molecule has 3 rings (SSSR count). The van der Waals surface area contributed by atoms with Crippen LogP contribution in [0.3, 0.4) is 0 Å². The predicted molar refractivity (Wildman–Crippen MR) is 73.4 cm³/mol. The predicted octanol–water partition coefficient (Wildman–Crippen LogP) is 2.25. The van der Waals surface area contributed by atoms with Gasteiger partial charge in [0.2, 0.25) is 5.78 Å². The Balaban J connectivity index is 2.46. The minimum atomic E-state index is -1.37. The number of Topliss-reactive ketones (excluding diaryl/α,β-unsaturated/α-hetero) is 1. The highest BCUT2D eigenvalue weighted by molar-refractivity contribution is 6.55. The van der Waals surface area contributed by atoms with E-state index in [0.29, 0.717) is 23.9 Å². The molecule has 1 aromatic carbocycles. The molecule has 1 aromatic heterocycles. The van der Waals surface area contributed by atoms with Gasteiger partial charge in [0, 0.05) is 11.9 Å². The lowest BCUT2D eigenvalue weighted by atomic mass is 10.1. The Morgan fingerprint density at radius 2 is 2.11 bits per heavy atom. The van der Waals surface area contributed by atoms with Crippen molar-refractivity contribution in [2.45, 2.75) is 17.8 Å². The summed E-state index contributed by atoms with van der Waals surface area (Å²) >= 11 is 11.0. The van der Waals surface area contributed by atoms with Gasteiger partial charge in [-0.1, -0.05) is 35.3 Å². The topological polar surface area (TPSA) is 59.3 Å². The van der Waals surface area contributed by atoms with Crippen LogP contribution >= 0.6 is 23.2 Å². The highest BCUT2D eigenvalue weighted by Gasteiger charge is 2.28. The summed E-state index contributed by atoms with van der Waals surface area (Å²) in [7, 11) is 0. The zero-order valence-corrected chi connectivity index (χ0v) is 11.2. The van der Waals surface area contributed by atoms with Crippen LogP contribution in [0.2, 0.25) is 0 Å². The Bertz CT molecular complexity index is 765. The first-order valence-electron chi connectivity index (χ1n) is 5.72. The largest absolute Gasteiger partial charge is 0.506 e. The van der Waals surface area contributed by atoms with Crippen molar-refractivity contribution in [3.05, 3.63) is 39.7 Å². The maximum absolute atomic E-state index is 12.3. The third kappa shape index (κ3) is 1.67. The van der Waals surface area contributed by atoms with Crippen molar-refractivity contribution in [3.63, 3.8) is 0 Å². The summed E-state index contributed by atoms with van der Waals surface area (Å²) in [5, 5.41) is 10.7. The number of hydrogen-bond acceptors (Lipinski definition) is 3. The number of halogens is 2. The molecule has 0 radical (unpaired) electrons. The van der Waals surface area contributed by atoms with E-state index < -0.39 is 16.2 Å². The molecule has 6 heteroatoms. The van der Waals surface area contributed by atoms with E-state index in [2.05, 4.69) is 0 Å². The van der Waals surface area contributed by atoms with Gasteiger partial charge < -0.3 is 9.67 Å². The fraction of sp³-hybridized carbons (Fsp3) is 0.231. The van der Waals surface area contributed by atoms with Crippen molar-refractivity contribution in [2.75, 3.05) is 0 Å². The third-order valence-electron chi connectivity index (χ3n) is 3.39. The van der Waals surface area contributed by atoms with Crippen molar-refractivity contribution in [1.29, 1.82) is 0 Å². The van der Waals surface area contributed by atoms with Gasteiger partial charge in [-0.3, -0.25) is 9.59 Å². The van der Waals surface area contributed by atoms with Crippen molar-refractivity contribution in [1.82, 2.24) is 4.57 Å². The smallest absolute Gasteiger partial charge is 0.265 e. The molecular formula is C13H9Cl2NO3. The number of para-hydroxylation sites is 1. The summed E-state index contributed by atoms with van der Waals surface area (Å²) in [6.07, 6.45) is 0.703. The number of carbonyl (C=O) groups is 1. The minimum Gasteiger partial charge on any atom is -0.506 e. The minimum absolute atomic E-state index is 0.332. The first-order chi connectivity index (χ1) is 9.02. The molecule has 0 aliphatic carbocycles. The molecule has 0 unspecified atom stereocenters. The molecule has 0 saturated heterocycles. The molecule has 0 bridgehead atoms. The number of rotatable bonds is 2. The molecule has 0 saturated carbocycles. The van der Waals surface area contributed by atoms with E-state index >= 15 is 0 Å². The van der Waals surface area contributed by atoms with E-state index in [1.54, 1.807) is 12.1 Å². The van der Waals surface area contributed by atoms with Crippen molar-refractivity contribution < 1.29 is 9.90 Å². The summed E-state index contributed by atoms with van der Waals surface area (Å²) in [5.74, 6) is -1.11. The lowest BCUT2D eigenvalue weighted by Gasteiger charge is -2.10. The number of benzene rings is 1. The number of aromatic nitrogens is 1. The molecular weight excluding hydrogens is 289 g/mol. The van der Waals surface area contributed by atoms with Gasteiger partial charge >= 0.3 is 0 Å². The maximum Gasteiger partial charge on any atom is 0.265 e. The molecule has 2 heterocycles. The molecule has 1 N–H and O–H groups in total. The van der Waals surface area contributed by atoms with Gasteiger partial charge in [0.1, 0.15) is 11.3 Å². The van der Waals surface area contributed by atoms with Crippen molar-refractivity contribution in [2.24, 2.45) is 0 Å². The van der Waals surface area contributed by atoms with Gasteiger partial charge in [-0.25, -0.2) is 0 Å². The van der Waals surface area contributed by atoms with Crippen molar-refractivity contribution >= 4 is 39.9 Å². The molecule has 98 valence electrons. The molecule has 0 fully saturated rings. The monoisotopic (exact) mass is 297 g/mol. The Kier molecular flexibility index (Phi) is 2.80. The van der Waals surface area contributed by atoms with Gasteiger partial charge in [0.05, 0.1) is 5.52 Å². The Morgan fingerprint density at radius 3 is 2.79 bits per heavy atom. The van der Waals surface area contributed by atoms with Crippen molar-refractivity contribution in [3.8, 4) is 5.75 Å². The lowest BCUT2D eigenvalue weighted by molar-refractivity contribution is 0.100. The SMILES string of the molecule is O=C(c1c(O)c2cccc3c2n(c1=O)CC3)C(Cl)Cl. The second-order valence-electron chi connectivity index (χ2n) is 4.41. The molecule has 1 aliphatic rings. The maximum atomic E-state index is 12.3. The summed E-state index contributed by atoms with van der Waals surface area (Å²) in [6.45, 7) is 0.491. The van der Waals surface area contributed by atoms with Gasteiger partial charge in [0.15, 0.2) is 4.84 Å². The van der Waals surface area contributed by atoms with Crippen LogP contribution in [0.1, 0.15) is 15.9 Å². The van der Waals surface area contributed by atoms with Crippen LogP contribution in [-0.2, 0) is 13.0 Å². The molecule has 2 aromatic rings. The van der Waals surface area contributed by atoms with Gasteiger partial charge in [-0.2, -0.15) is 0 Å². The molecule has 1 aliphatic heterocycles. The second-order valence-corrected chi connectivity index (χ2v) is 5.50. The summed E-state index contributed by atoms with van der Waals surface area (Å²) < 4.78 is 1.49. The van der Waals surface area contributed by atoms with E-state index in [1.807, 2.05) is 6.07 Å². The van der Waals surface area contributed by atoms with E-state index in [4.69, 9.17) is 23.2 Å². The molecule has 0 spiro atoms. The highest BCUT2D eigenvalue weighted by atomic mass is 35.5. The van der Waals surface area contributed by atoms with Crippen LogP contribution in [0, 0.1) is 0 Å². The Morgan fingerprint density at radius 1 is 1.37 bits per heavy atom. The van der Waals surface area contributed by atoms with Crippen LogP contribution in [0.25, 0.3) is 10.9 Å². The lowest BCUT2D eigenvalue weighted by Crippen LogP contribution is -2.27. The van der Waals surface area contributed by atoms with Gasteiger partial charge in [-0.15, -0.1) is 0 Å². The Labute approximate surface area is 118 Å². The average molecular weight is 298 g/mol. The number of aromatic hydroxyl groups is 1. The van der Waals surface area contributed by atoms with E-state index in [9.17, 15) is 14.7 Å². The van der Waals surface area contributed by atoms with Crippen LogP contribution in [-0.4, -0.2) is 20.3 Å².